The second kappa shape index (κ2) is 11.7. The lowest BCUT2D eigenvalue weighted by Crippen LogP contribution is -2.25. The first-order valence-electron chi connectivity index (χ1n) is 13.9. The standard InChI is InChI=1S/C32H30FN5O6S/c1-19-35-36-27(44-19)17-38-16-26-28(32(38)39)31(43-18-21-7-11-24(42-3)12-8-21)29-25(30(26)37(2)45(4,40)41)14-22(15-34-29)13-20-5-9-23(33)10-6-20/h5-12,14-16,39H,13,17-18H2,1-4H3. The van der Waals surface area contributed by atoms with E-state index in [1.54, 1.807) is 38.6 Å². The predicted molar refractivity (Wildman–Crippen MR) is 167 cm³/mol. The van der Waals surface area contributed by atoms with Crippen LogP contribution in [0.4, 0.5) is 10.1 Å². The van der Waals surface area contributed by atoms with Crippen molar-refractivity contribution < 1.29 is 31.8 Å². The van der Waals surface area contributed by atoms with Gasteiger partial charge in [-0.15, -0.1) is 10.2 Å². The zero-order chi connectivity index (χ0) is 31.9. The highest BCUT2D eigenvalue weighted by atomic mass is 32.2. The molecular formula is C32H30FN5O6S. The van der Waals surface area contributed by atoms with Crippen molar-refractivity contribution in [1.82, 2.24) is 19.7 Å². The van der Waals surface area contributed by atoms with Crippen molar-refractivity contribution in [3.8, 4) is 17.4 Å². The summed E-state index contributed by atoms with van der Waals surface area (Å²) in [6.07, 6.45) is 4.82. The number of aromatic hydroxyl groups is 1. The highest BCUT2D eigenvalue weighted by molar-refractivity contribution is 7.92. The average molecular weight is 632 g/mol. The molecule has 45 heavy (non-hydrogen) atoms. The summed E-state index contributed by atoms with van der Waals surface area (Å²) in [5, 5.41) is 20.7. The highest BCUT2D eigenvalue weighted by Crippen LogP contribution is 2.47. The fourth-order valence-electron chi connectivity index (χ4n) is 5.21. The Morgan fingerprint density at radius 3 is 2.38 bits per heavy atom. The number of pyridine rings is 1. The van der Waals surface area contributed by atoms with E-state index in [-0.39, 0.29) is 41.9 Å². The number of rotatable bonds is 10. The van der Waals surface area contributed by atoms with Crippen LogP contribution in [-0.2, 0) is 29.6 Å². The minimum absolute atomic E-state index is 0.0287. The Balaban J connectivity index is 1.58. The van der Waals surface area contributed by atoms with Crippen LogP contribution in [0.15, 0.2) is 71.4 Å². The number of nitrogens with zero attached hydrogens (tertiary/aromatic N) is 5. The molecule has 0 radical (unpaired) electrons. The molecule has 0 bridgehead atoms. The predicted octanol–water partition coefficient (Wildman–Crippen LogP) is 5.35. The van der Waals surface area contributed by atoms with E-state index in [9.17, 15) is 17.9 Å². The fourth-order valence-corrected chi connectivity index (χ4v) is 5.74. The molecule has 3 aromatic heterocycles. The van der Waals surface area contributed by atoms with Gasteiger partial charge in [0.15, 0.2) is 5.75 Å². The van der Waals surface area contributed by atoms with Crippen LogP contribution in [0.5, 0.6) is 17.4 Å². The number of aromatic nitrogens is 4. The van der Waals surface area contributed by atoms with Crippen molar-refractivity contribution in [2.45, 2.75) is 26.5 Å². The Morgan fingerprint density at radius 1 is 1.02 bits per heavy atom. The lowest BCUT2D eigenvalue weighted by atomic mass is 10.0. The zero-order valence-electron chi connectivity index (χ0n) is 25.0. The van der Waals surface area contributed by atoms with Crippen LogP contribution < -0.4 is 13.8 Å². The van der Waals surface area contributed by atoms with Gasteiger partial charge in [-0.2, -0.15) is 0 Å². The van der Waals surface area contributed by atoms with Crippen molar-refractivity contribution in [2.75, 3.05) is 24.7 Å². The van der Waals surface area contributed by atoms with Gasteiger partial charge >= 0.3 is 0 Å². The number of fused-ring (bicyclic) bond motifs is 2. The van der Waals surface area contributed by atoms with Crippen molar-refractivity contribution in [2.24, 2.45) is 0 Å². The summed E-state index contributed by atoms with van der Waals surface area (Å²) in [7, 11) is -0.736. The molecule has 0 atom stereocenters. The number of sulfonamides is 1. The monoisotopic (exact) mass is 631 g/mol. The van der Waals surface area contributed by atoms with E-state index in [1.165, 1.54) is 23.7 Å². The Labute approximate surface area is 258 Å². The Bertz CT molecular complexity index is 2130. The number of hydrogen-bond donors (Lipinski definition) is 1. The molecule has 0 aliphatic rings. The zero-order valence-corrected chi connectivity index (χ0v) is 25.8. The second-order valence-corrected chi connectivity index (χ2v) is 12.7. The third-order valence-corrected chi connectivity index (χ3v) is 8.67. The largest absolute Gasteiger partial charge is 0.497 e. The number of aryl methyl sites for hydroxylation is 1. The summed E-state index contributed by atoms with van der Waals surface area (Å²) in [6.45, 7) is 1.82. The molecule has 0 amide bonds. The molecule has 0 saturated heterocycles. The minimum Gasteiger partial charge on any atom is -0.497 e. The summed E-state index contributed by atoms with van der Waals surface area (Å²) in [5.74, 6) is 1.06. The van der Waals surface area contributed by atoms with Gasteiger partial charge in [0.05, 0.1) is 24.4 Å². The Morgan fingerprint density at radius 2 is 1.73 bits per heavy atom. The maximum absolute atomic E-state index is 13.6. The normalized spacial score (nSPS) is 11.8. The topological polar surface area (TPSA) is 133 Å². The molecule has 13 heteroatoms. The van der Waals surface area contributed by atoms with Gasteiger partial charge in [-0.3, -0.25) is 9.29 Å². The highest BCUT2D eigenvalue weighted by Gasteiger charge is 2.28. The van der Waals surface area contributed by atoms with Crippen LogP contribution in [0.1, 0.15) is 28.5 Å². The van der Waals surface area contributed by atoms with Gasteiger partial charge < -0.3 is 23.6 Å². The summed E-state index contributed by atoms with van der Waals surface area (Å²) >= 11 is 0. The molecule has 232 valence electrons. The maximum Gasteiger partial charge on any atom is 0.236 e. The molecule has 0 saturated carbocycles. The van der Waals surface area contributed by atoms with Crippen LogP contribution in [0.3, 0.4) is 0 Å². The van der Waals surface area contributed by atoms with E-state index in [2.05, 4.69) is 10.2 Å². The lowest BCUT2D eigenvalue weighted by molar-refractivity contribution is 0.311. The first-order valence-corrected chi connectivity index (χ1v) is 15.8. The van der Waals surface area contributed by atoms with E-state index >= 15 is 0 Å². The summed E-state index contributed by atoms with van der Waals surface area (Å²) < 4.78 is 59.4. The van der Waals surface area contributed by atoms with E-state index in [4.69, 9.17) is 18.9 Å². The van der Waals surface area contributed by atoms with Gasteiger partial charge in [-0.1, -0.05) is 24.3 Å². The number of ether oxygens (including phenoxy) is 2. The lowest BCUT2D eigenvalue weighted by Gasteiger charge is -2.22. The number of anilines is 1. The van der Waals surface area contributed by atoms with Gasteiger partial charge in [0.2, 0.25) is 27.7 Å². The molecule has 3 heterocycles. The van der Waals surface area contributed by atoms with Crippen LogP contribution in [0.25, 0.3) is 21.7 Å². The van der Waals surface area contributed by atoms with Crippen LogP contribution in [0, 0.1) is 12.7 Å². The van der Waals surface area contributed by atoms with Gasteiger partial charge in [0.25, 0.3) is 0 Å². The Hall–Kier alpha value is -5.17. The van der Waals surface area contributed by atoms with Crippen molar-refractivity contribution >= 4 is 37.4 Å². The molecule has 0 spiro atoms. The number of halogens is 1. The Kier molecular flexibility index (Phi) is 7.79. The average Bonchev–Trinajstić information content (AvgIpc) is 3.57. The van der Waals surface area contributed by atoms with Gasteiger partial charge in [-0.05, 0) is 53.4 Å². The SMILES string of the molecule is COc1ccc(COc2c3ncc(Cc4ccc(F)cc4)cc3c(N(C)S(C)(=O)=O)c3cn(Cc4nnc(C)o4)c(O)c23)cc1. The summed E-state index contributed by atoms with van der Waals surface area (Å²) in [6, 6.07) is 15.4. The molecule has 3 aromatic carbocycles. The molecule has 0 unspecified atom stereocenters. The fraction of sp³-hybridized carbons (Fsp3) is 0.219. The molecule has 0 aliphatic heterocycles. The molecule has 6 rings (SSSR count). The first-order chi connectivity index (χ1) is 21.5. The van der Waals surface area contributed by atoms with Crippen molar-refractivity contribution in [3.05, 3.63) is 101 Å². The van der Waals surface area contributed by atoms with Gasteiger partial charge in [-0.25, -0.2) is 12.8 Å². The summed E-state index contributed by atoms with van der Waals surface area (Å²) in [4.78, 5) is 4.75. The quantitative estimate of drug-likeness (QED) is 0.213. The third-order valence-electron chi connectivity index (χ3n) is 7.50. The number of benzene rings is 3. The molecule has 11 nitrogen and oxygen atoms in total. The van der Waals surface area contributed by atoms with Crippen LogP contribution in [-0.4, -0.2) is 53.7 Å². The van der Waals surface area contributed by atoms with Crippen molar-refractivity contribution in [3.63, 3.8) is 0 Å². The van der Waals surface area contributed by atoms with E-state index in [1.807, 2.05) is 30.3 Å². The molecule has 1 N–H and O–H groups in total. The van der Waals surface area contributed by atoms with Gasteiger partial charge in [0.1, 0.15) is 30.2 Å². The maximum atomic E-state index is 13.6. The molecule has 0 aliphatic carbocycles. The number of hydrogen-bond acceptors (Lipinski definition) is 9. The third kappa shape index (κ3) is 5.98. The first kappa shape index (κ1) is 29.9. The van der Waals surface area contributed by atoms with Gasteiger partial charge in [0, 0.05) is 37.1 Å². The van der Waals surface area contributed by atoms with Crippen LogP contribution >= 0.6 is 0 Å². The summed E-state index contributed by atoms with van der Waals surface area (Å²) in [5.41, 5.74) is 3.12. The van der Waals surface area contributed by atoms with Crippen molar-refractivity contribution in [1.29, 1.82) is 0 Å². The minimum atomic E-state index is -3.77. The van der Waals surface area contributed by atoms with E-state index < -0.39 is 10.0 Å². The van der Waals surface area contributed by atoms with Crippen LogP contribution in [0.2, 0.25) is 0 Å². The molecular weight excluding hydrogens is 601 g/mol. The van der Waals surface area contributed by atoms with E-state index in [0.29, 0.717) is 40.0 Å². The number of methoxy groups -OCH3 is 1. The molecule has 6 aromatic rings. The second-order valence-electron chi connectivity index (χ2n) is 10.7. The smallest absolute Gasteiger partial charge is 0.236 e. The van der Waals surface area contributed by atoms with E-state index in [0.717, 1.165) is 27.3 Å². The molecule has 0 fully saturated rings.